The zero-order valence-corrected chi connectivity index (χ0v) is 9.19. The van der Waals surface area contributed by atoms with Crippen LogP contribution in [-0.4, -0.2) is 4.57 Å². The Balaban J connectivity index is 2.37. The highest BCUT2D eigenvalue weighted by Crippen LogP contribution is 2.18. The fourth-order valence-corrected chi connectivity index (χ4v) is 2.04. The van der Waals surface area contributed by atoms with Gasteiger partial charge in [0, 0.05) is 17.1 Å². The summed E-state index contributed by atoms with van der Waals surface area (Å²) in [6, 6.07) is 4.76. The summed E-state index contributed by atoms with van der Waals surface area (Å²) in [6.45, 7) is 0.217. The van der Waals surface area contributed by atoms with Crippen molar-refractivity contribution < 1.29 is 4.39 Å². The molecule has 0 atom stereocenters. The van der Waals surface area contributed by atoms with Gasteiger partial charge in [-0.3, -0.25) is 4.79 Å². The van der Waals surface area contributed by atoms with Gasteiger partial charge >= 0.3 is 4.87 Å². The van der Waals surface area contributed by atoms with E-state index < -0.39 is 5.82 Å². The highest BCUT2D eigenvalue weighted by atomic mass is 35.5. The summed E-state index contributed by atoms with van der Waals surface area (Å²) in [5.41, 5.74) is 0.419. The Kier molecular flexibility index (Phi) is 2.88. The number of halogens is 2. The van der Waals surface area contributed by atoms with E-state index in [1.54, 1.807) is 23.7 Å². The third kappa shape index (κ3) is 2.11. The molecule has 5 heteroatoms. The van der Waals surface area contributed by atoms with E-state index in [2.05, 4.69) is 0 Å². The molecule has 0 radical (unpaired) electrons. The normalized spacial score (nSPS) is 10.5. The predicted octanol–water partition coefficient (Wildman–Crippen LogP) is 2.75. The van der Waals surface area contributed by atoms with Gasteiger partial charge in [0.1, 0.15) is 5.82 Å². The predicted molar refractivity (Wildman–Crippen MR) is 59.1 cm³/mol. The number of hydrogen-bond donors (Lipinski definition) is 0. The van der Waals surface area contributed by atoms with Crippen molar-refractivity contribution in [3.8, 4) is 0 Å². The molecule has 1 heterocycles. The number of rotatable bonds is 2. The molecule has 1 aromatic heterocycles. The monoisotopic (exact) mass is 243 g/mol. The van der Waals surface area contributed by atoms with Crippen molar-refractivity contribution in [1.82, 2.24) is 4.57 Å². The van der Waals surface area contributed by atoms with E-state index in [9.17, 15) is 9.18 Å². The number of thiazole rings is 1. The Morgan fingerprint density at radius 3 is 2.93 bits per heavy atom. The van der Waals surface area contributed by atoms with Gasteiger partial charge in [-0.25, -0.2) is 4.39 Å². The molecule has 2 rings (SSSR count). The minimum atomic E-state index is -0.461. The molecular formula is C10H7ClFNOS. The molecule has 0 N–H and O–H groups in total. The summed E-state index contributed by atoms with van der Waals surface area (Å²) in [6.07, 6.45) is 1.63. The zero-order chi connectivity index (χ0) is 10.8. The van der Waals surface area contributed by atoms with Crippen molar-refractivity contribution in [2.75, 3.05) is 0 Å². The van der Waals surface area contributed by atoms with Crippen LogP contribution in [-0.2, 0) is 6.54 Å². The van der Waals surface area contributed by atoms with E-state index in [1.807, 2.05) is 0 Å². The van der Waals surface area contributed by atoms with Crippen LogP contribution in [0.5, 0.6) is 0 Å². The molecule has 0 bridgehead atoms. The second-order valence-electron chi connectivity index (χ2n) is 3.01. The van der Waals surface area contributed by atoms with Gasteiger partial charge in [-0.15, -0.1) is 0 Å². The highest BCUT2D eigenvalue weighted by molar-refractivity contribution is 7.07. The molecule has 0 amide bonds. The van der Waals surface area contributed by atoms with Gasteiger partial charge in [0.15, 0.2) is 0 Å². The van der Waals surface area contributed by atoms with E-state index in [1.165, 1.54) is 10.6 Å². The van der Waals surface area contributed by atoms with Crippen LogP contribution in [0.4, 0.5) is 4.39 Å². The fraction of sp³-hybridized carbons (Fsp3) is 0.100. The molecule has 2 nitrogen and oxygen atoms in total. The van der Waals surface area contributed by atoms with E-state index in [0.29, 0.717) is 5.56 Å². The number of nitrogens with zero attached hydrogens (tertiary/aromatic N) is 1. The maximum absolute atomic E-state index is 13.5. The van der Waals surface area contributed by atoms with Crippen LogP contribution in [0.15, 0.2) is 34.6 Å². The lowest BCUT2D eigenvalue weighted by Crippen LogP contribution is -2.13. The molecule has 0 aliphatic carbocycles. The van der Waals surface area contributed by atoms with Crippen LogP contribution in [0.25, 0.3) is 0 Å². The second-order valence-corrected chi connectivity index (χ2v) is 4.27. The molecule has 0 saturated heterocycles. The molecule has 0 saturated carbocycles. The van der Waals surface area contributed by atoms with E-state index >= 15 is 0 Å². The van der Waals surface area contributed by atoms with E-state index in [4.69, 9.17) is 11.6 Å². The molecule has 1 aromatic carbocycles. The first-order valence-corrected chi connectivity index (χ1v) is 5.51. The quantitative estimate of drug-likeness (QED) is 0.795. The van der Waals surface area contributed by atoms with Crippen molar-refractivity contribution >= 4 is 22.9 Å². The van der Waals surface area contributed by atoms with Crippen molar-refractivity contribution in [2.45, 2.75) is 6.54 Å². The first kappa shape index (κ1) is 10.4. The fourth-order valence-electron chi connectivity index (χ4n) is 1.26. The average molecular weight is 244 g/mol. The van der Waals surface area contributed by atoms with Gasteiger partial charge in [0.05, 0.1) is 11.6 Å². The van der Waals surface area contributed by atoms with Crippen molar-refractivity contribution in [3.63, 3.8) is 0 Å². The van der Waals surface area contributed by atoms with Gasteiger partial charge in [0.25, 0.3) is 0 Å². The number of aromatic nitrogens is 1. The lowest BCUT2D eigenvalue weighted by molar-refractivity contribution is 0.598. The summed E-state index contributed by atoms with van der Waals surface area (Å²) in [7, 11) is 0. The van der Waals surface area contributed by atoms with Crippen molar-refractivity contribution in [1.29, 1.82) is 0 Å². The Morgan fingerprint density at radius 1 is 1.47 bits per heavy atom. The van der Waals surface area contributed by atoms with Crippen LogP contribution in [0.2, 0.25) is 5.02 Å². The molecule has 2 aromatic rings. The lowest BCUT2D eigenvalue weighted by Gasteiger charge is -2.04. The second kappa shape index (κ2) is 4.16. The largest absolute Gasteiger partial charge is 0.307 e. The molecular weight excluding hydrogens is 237 g/mol. The number of benzene rings is 1. The Morgan fingerprint density at radius 2 is 2.27 bits per heavy atom. The minimum Gasteiger partial charge on any atom is -0.301 e. The topological polar surface area (TPSA) is 22.0 Å². The van der Waals surface area contributed by atoms with Crippen LogP contribution in [0, 0.1) is 5.82 Å². The van der Waals surface area contributed by atoms with Gasteiger partial charge in [0.2, 0.25) is 0 Å². The lowest BCUT2D eigenvalue weighted by atomic mass is 10.2. The minimum absolute atomic E-state index is 0.0794. The maximum Gasteiger partial charge on any atom is 0.307 e. The maximum atomic E-state index is 13.5. The van der Waals surface area contributed by atoms with E-state index in [0.717, 1.165) is 11.3 Å². The van der Waals surface area contributed by atoms with Gasteiger partial charge in [-0.05, 0) is 6.07 Å². The zero-order valence-electron chi connectivity index (χ0n) is 7.61. The average Bonchev–Trinajstić information content (AvgIpc) is 2.60. The van der Waals surface area contributed by atoms with Crippen LogP contribution >= 0.6 is 22.9 Å². The summed E-state index contributed by atoms with van der Waals surface area (Å²) < 4.78 is 14.9. The first-order chi connectivity index (χ1) is 7.18. The molecule has 0 spiro atoms. The summed E-state index contributed by atoms with van der Waals surface area (Å²) >= 11 is 6.72. The van der Waals surface area contributed by atoms with E-state index in [-0.39, 0.29) is 16.4 Å². The first-order valence-electron chi connectivity index (χ1n) is 4.25. The smallest absolute Gasteiger partial charge is 0.301 e. The standard InChI is InChI=1S/C10H7ClFNOS/c11-8-3-1-2-7(9(8)12)6-13-4-5-15-10(13)14/h1-5H,6H2. The van der Waals surface area contributed by atoms with Crippen molar-refractivity contribution in [3.05, 3.63) is 55.8 Å². The summed E-state index contributed by atoms with van der Waals surface area (Å²) in [4.78, 5) is 11.1. The SMILES string of the molecule is O=c1sccn1Cc1cccc(Cl)c1F. The van der Waals surface area contributed by atoms with Crippen LogP contribution in [0.3, 0.4) is 0 Å². The highest BCUT2D eigenvalue weighted by Gasteiger charge is 2.07. The molecule has 0 unspecified atom stereocenters. The summed E-state index contributed by atoms with van der Waals surface area (Å²) in [5, 5.41) is 1.75. The third-order valence-corrected chi connectivity index (χ3v) is 3.00. The van der Waals surface area contributed by atoms with Crippen molar-refractivity contribution in [2.24, 2.45) is 0 Å². The Labute approximate surface area is 94.6 Å². The Bertz CT molecular complexity index is 534. The summed E-state index contributed by atoms with van der Waals surface area (Å²) in [5.74, 6) is -0.461. The molecule has 78 valence electrons. The molecule has 15 heavy (non-hydrogen) atoms. The van der Waals surface area contributed by atoms with Gasteiger partial charge in [-0.2, -0.15) is 0 Å². The van der Waals surface area contributed by atoms with Gasteiger partial charge in [-0.1, -0.05) is 35.1 Å². The number of hydrogen-bond acceptors (Lipinski definition) is 2. The Hall–Kier alpha value is -1.13. The third-order valence-electron chi connectivity index (χ3n) is 2.02. The molecule has 0 fully saturated rings. The molecule has 0 aliphatic heterocycles. The van der Waals surface area contributed by atoms with Gasteiger partial charge < -0.3 is 4.57 Å². The van der Waals surface area contributed by atoms with Crippen LogP contribution in [0.1, 0.15) is 5.56 Å². The van der Waals surface area contributed by atoms with Crippen LogP contribution < -0.4 is 4.87 Å². The molecule has 0 aliphatic rings.